The molecule has 0 radical (unpaired) electrons. The second kappa shape index (κ2) is 2.82. The SMILES string of the molecule is CSC1=NC(C)(C)CCN1. The summed E-state index contributed by atoms with van der Waals surface area (Å²) in [5.74, 6) is 0. The lowest BCUT2D eigenvalue weighted by Gasteiger charge is -2.26. The first-order valence-electron chi connectivity index (χ1n) is 3.52. The van der Waals surface area contributed by atoms with E-state index >= 15 is 0 Å². The summed E-state index contributed by atoms with van der Waals surface area (Å²) in [5.41, 5.74) is 0.156. The van der Waals surface area contributed by atoms with Crippen LogP contribution in [0.15, 0.2) is 4.99 Å². The highest BCUT2D eigenvalue weighted by atomic mass is 32.2. The Labute approximate surface area is 66.5 Å². The van der Waals surface area contributed by atoms with Gasteiger partial charge in [0.1, 0.15) is 0 Å². The number of hydrogen-bond donors (Lipinski definition) is 1. The molecule has 0 fully saturated rings. The van der Waals surface area contributed by atoms with Crippen LogP contribution in [0.25, 0.3) is 0 Å². The molecule has 0 aliphatic carbocycles. The molecule has 10 heavy (non-hydrogen) atoms. The Hall–Kier alpha value is -0.180. The maximum atomic E-state index is 4.50. The van der Waals surface area contributed by atoms with E-state index in [4.69, 9.17) is 0 Å². The molecule has 58 valence electrons. The van der Waals surface area contributed by atoms with Crippen molar-refractivity contribution in [2.75, 3.05) is 12.8 Å². The van der Waals surface area contributed by atoms with Crippen molar-refractivity contribution in [3.63, 3.8) is 0 Å². The van der Waals surface area contributed by atoms with Crippen LogP contribution in [-0.2, 0) is 0 Å². The molecule has 0 saturated heterocycles. The van der Waals surface area contributed by atoms with E-state index in [0.29, 0.717) is 0 Å². The number of nitrogens with zero attached hydrogens (tertiary/aromatic N) is 1. The number of thioether (sulfide) groups is 1. The van der Waals surface area contributed by atoms with E-state index in [1.54, 1.807) is 11.8 Å². The first-order valence-corrected chi connectivity index (χ1v) is 4.74. The molecule has 1 aliphatic rings. The van der Waals surface area contributed by atoms with Gasteiger partial charge >= 0.3 is 0 Å². The van der Waals surface area contributed by atoms with Crippen molar-refractivity contribution >= 4 is 16.9 Å². The molecule has 3 heteroatoms. The van der Waals surface area contributed by atoms with Gasteiger partial charge in [0.15, 0.2) is 5.17 Å². The minimum atomic E-state index is 0.156. The molecule has 0 spiro atoms. The van der Waals surface area contributed by atoms with Crippen LogP contribution in [0.2, 0.25) is 0 Å². The summed E-state index contributed by atoms with van der Waals surface area (Å²) < 4.78 is 0. The summed E-state index contributed by atoms with van der Waals surface area (Å²) in [4.78, 5) is 4.50. The average Bonchev–Trinajstić information content (AvgIpc) is 1.86. The minimum Gasteiger partial charge on any atom is -0.365 e. The highest BCUT2D eigenvalue weighted by Gasteiger charge is 2.20. The zero-order valence-electron chi connectivity index (χ0n) is 6.77. The Bertz CT molecular complexity index is 152. The Morgan fingerprint density at radius 1 is 1.60 bits per heavy atom. The van der Waals surface area contributed by atoms with Gasteiger partial charge in [-0.25, -0.2) is 0 Å². The normalized spacial score (nSPS) is 23.3. The van der Waals surface area contributed by atoms with Crippen molar-refractivity contribution in [2.24, 2.45) is 4.99 Å². The van der Waals surface area contributed by atoms with E-state index in [2.05, 4.69) is 24.2 Å². The van der Waals surface area contributed by atoms with Gasteiger partial charge in [-0.1, -0.05) is 11.8 Å². The zero-order valence-corrected chi connectivity index (χ0v) is 7.59. The Kier molecular flexibility index (Phi) is 2.24. The van der Waals surface area contributed by atoms with Crippen molar-refractivity contribution in [3.05, 3.63) is 0 Å². The number of rotatable bonds is 0. The van der Waals surface area contributed by atoms with Crippen molar-refractivity contribution in [1.82, 2.24) is 5.32 Å². The molecule has 1 aliphatic heterocycles. The number of aliphatic imine (C=N–C) groups is 1. The highest BCUT2D eigenvalue weighted by Crippen LogP contribution is 2.18. The van der Waals surface area contributed by atoms with Gasteiger partial charge in [-0.3, -0.25) is 4.99 Å². The molecule has 1 N–H and O–H groups in total. The molecule has 0 aromatic rings. The van der Waals surface area contributed by atoms with E-state index < -0.39 is 0 Å². The summed E-state index contributed by atoms with van der Waals surface area (Å²) in [6.45, 7) is 5.40. The van der Waals surface area contributed by atoms with Crippen LogP contribution in [0, 0.1) is 0 Å². The van der Waals surface area contributed by atoms with Gasteiger partial charge in [0.2, 0.25) is 0 Å². The Balaban J connectivity index is 2.66. The molecule has 0 atom stereocenters. The Morgan fingerprint density at radius 2 is 2.30 bits per heavy atom. The third-order valence-electron chi connectivity index (χ3n) is 1.61. The molecule has 2 nitrogen and oxygen atoms in total. The summed E-state index contributed by atoms with van der Waals surface area (Å²) >= 11 is 1.69. The largest absolute Gasteiger partial charge is 0.365 e. The molecule has 0 aromatic heterocycles. The summed E-state index contributed by atoms with van der Waals surface area (Å²) in [5, 5.41) is 4.32. The summed E-state index contributed by atoms with van der Waals surface area (Å²) in [6, 6.07) is 0. The lowest BCUT2D eigenvalue weighted by Crippen LogP contribution is -2.36. The van der Waals surface area contributed by atoms with Gasteiger partial charge < -0.3 is 5.32 Å². The highest BCUT2D eigenvalue weighted by molar-refractivity contribution is 8.13. The topological polar surface area (TPSA) is 24.4 Å². The fraction of sp³-hybridized carbons (Fsp3) is 0.857. The lowest BCUT2D eigenvalue weighted by atomic mass is 10.0. The first-order chi connectivity index (χ1) is 4.64. The van der Waals surface area contributed by atoms with Crippen LogP contribution >= 0.6 is 11.8 Å². The van der Waals surface area contributed by atoms with E-state index in [1.165, 1.54) is 0 Å². The zero-order chi connectivity index (χ0) is 7.61. The van der Waals surface area contributed by atoms with Crippen LogP contribution in [0.4, 0.5) is 0 Å². The smallest absolute Gasteiger partial charge is 0.156 e. The van der Waals surface area contributed by atoms with Crippen LogP contribution in [0.3, 0.4) is 0 Å². The fourth-order valence-corrected chi connectivity index (χ4v) is 1.55. The second-order valence-electron chi connectivity index (χ2n) is 3.11. The standard InChI is InChI=1S/C7H14N2S/c1-7(2)4-5-8-6(9-7)10-3/h4-5H2,1-3H3,(H,8,9). The predicted molar refractivity (Wildman–Crippen MR) is 47.6 cm³/mol. The molecule has 0 unspecified atom stereocenters. The number of hydrogen-bond acceptors (Lipinski definition) is 3. The van der Waals surface area contributed by atoms with Crippen molar-refractivity contribution in [2.45, 2.75) is 25.8 Å². The van der Waals surface area contributed by atoms with Gasteiger partial charge in [0.05, 0.1) is 5.54 Å². The minimum absolute atomic E-state index is 0.156. The lowest BCUT2D eigenvalue weighted by molar-refractivity contribution is 0.458. The molecule has 1 heterocycles. The van der Waals surface area contributed by atoms with E-state index in [-0.39, 0.29) is 5.54 Å². The van der Waals surface area contributed by atoms with Gasteiger partial charge in [-0.05, 0) is 26.5 Å². The van der Waals surface area contributed by atoms with E-state index in [0.717, 1.165) is 18.1 Å². The molecule has 0 amide bonds. The van der Waals surface area contributed by atoms with Gasteiger partial charge in [-0.2, -0.15) is 0 Å². The molecule has 0 aromatic carbocycles. The molecular formula is C7H14N2S. The van der Waals surface area contributed by atoms with Crippen LogP contribution in [0.1, 0.15) is 20.3 Å². The van der Waals surface area contributed by atoms with Gasteiger partial charge in [0.25, 0.3) is 0 Å². The Morgan fingerprint density at radius 3 is 2.70 bits per heavy atom. The fourth-order valence-electron chi connectivity index (χ4n) is 0.963. The quantitative estimate of drug-likeness (QED) is 0.577. The summed E-state index contributed by atoms with van der Waals surface area (Å²) in [6.07, 6.45) is 3.18. The molecule has 0 saturated carbocycles. The van der Waals surface area contributed by atoms with E-state index in [9.17, 15) is 0 Å². The third-order valence-corrected chi connectivity index (χ3v) is 2.23. The predicted octanol–water partition coefficient (Wildman–Crippen LogP) is 1.48. The van der Waals surface area contributed by atoms with Crippen LogP contribution in [0.5, 0.6) is 0 Å². The molecule has 0 bridgehead atoms. The molecular weight excluding hydrogens is 144 g/mol. The number of nitrogens with one attached hydrogen (secondary N) is 1. The van der Waals surface area contributed by atoms with Crippen molar-refractivity contribution in [1.29, 1.82) is 0 Å². The van der Waals surface area contributed by atoms with Crippen LogP contribution in [-0.4, -0.2) is 23.5 Å². The third kappa shape index (κ3) is 1.90. The first kappa shape index (κ1) is 7.92. The van der Waals surface area contributed by atoms with Gasteiger partial charge in [-0.15, -0.1) is 0 Å². The summed E-state index contributed by atoms with van der Waals surface area (Å²) in [7, 11) is 0. The van der Waals surface area contributed by atoms with Crippen molar-refractivity contribution in [3.8, 4) is 0 Å². The maximum absolute atomic E-state index is 4.50. The molecule has 1 rings (SSSR count). The second-order valence-corrected chi connectivity index (χ2v) is 3.91. The van der Waals surface area contributed by atoms with Crippen LogP contribution < -0.4 is 5.32 Å². The monoisotopic (exact) mass is 158 g/mol. The maximum Gasteiger partial charge on any atom is 0.156 e. The van der Waals surface area contributed by atoms with Gasteiger partial charge in [0, 0.05) is 6.54 Å². The van der Waals surface area contributed by atoms with Crippen molar-refractivity contribution < 1.29 is 0 Å². The number of amidine groups is 1. The average molecular weight is 158 g/mol. The van der Waals surface area contributed by atoms with E-state index in [1.807, 2.05) is 6.26 Å².